The molecular formula is C6H14N2O6. The van der Waals surface area contributed by atoms with E-state index in [0.717, 1.165) is 0 Å². The van der Waals surface area contributed by atoms with E-state index in [9.17, 15) is 4.79 Å². The lowest BCUT2D eigenvalue weighted by atomic mass is 10.0. The first-order valence-electron chi connectivity index (χ1n) is 3.79. The van der Waals surface area contributed by atoms with Gasteiger partial charge in [0.15, 0.2) is 6.10 Å². The van der Waals surface area contributed by atoms with Gasteiger partial charge < -0.3 is 25.5 Å². The molecule has 8 heteroatoms. The quantitative estimate of drug-likeness (QED) is 0.137. The largest absolute Gasteiger partial charge is 0.394 e. The van der Waals surface area contributed by atoms with Crippen molar-refractivity contribution < 1.29 is 30.3 Å². The smallest absolute Gasteiger partial charge is 0.265 e. The van der Waals surface area contributed by atoms with E-state index in [4.69, 9.17) is 25.5 Å². The maximum atomic E-state index is 10.7. The predicted octanol–water partition coefficient (Wildman–Crippen LogP) is -4.59. The number of hydrogen-bond acceptors (Lipinski definition) is 7. The van der Waals surface area contributed by atoms with Crippen LogP contribution in [0.1, 0.15) is 0 Å². The van der Waals surface area contributed by atoms with Gasteiger partial charge >= 0.3 is 0 Å². The van der Waals surface area contributed by atoms with Crippen LogP contribution in [0.15, 0.2) is 0 Å². The van der Waals surface area contributed by atoms with E-state index in [-0.39, 0.29) is 0 Å². The van der Waals surface area contributed by atoms with Crippen molar-refractivity contribution in [2.24, 2.45) is 5.84 Å². The number of nitrogens with one attached hydrogen (secondary N) is 1. The predicted molar refractivity (Wildman–Crippen MR) is 43.4 cm³/mol. The topological polar surface area (TPSA) is 156 Å². The zero-order valence-corrected chi connectivity index (χ0v) is 7.24. The van der Waals surface area contributed by atoms with Gasteiger partial charge in [0.25, 0.3) is 5.91 Å². The summed E-state index contributed by atoms with van der Waals surface area (Å²) in [7, 11) is 0. The van der Waals surface area contributed by atoms with Crippen LogP contribution in [0.3, 0.4) is 0 Å². The van der Waals surface area contributed by atoms with Crippen molar-refractivity contribution in [1.29, 1.82) is 0 Å². The Balaban J connectivity index is 4.30. The van der Waals surface area contributed by atoms with Crippen LogP contribution in [0.4, 0.5) is 0 Å². The van der Waals surface area contributed by atoms with Crippen LogP contribution in [0.2, 0.25) is 0 Å². The summed E-state index contributed by atoms with van der Waals surface area (Å²) in [6, 6.07) is 0. The van der Waals surface area contributed by atoms with Gasteiger partial charge in [-0.2, -0.15) is 0 Å². The Labute approximate surface area is 79.6 Å². The first kappa shape index (κ1) is 13.2. The molecule has 4 atom stereocenters. The second-order valence-corrected chi connectivity index (χ2v) is 2.68. The SMILES string of the molecule is NNC(=O)[C@H](O)[C@H](O)[C@H](O)[C@H](O)CO. The molecule has 0 rings (SSSR count). The van der Waals surface area contributed by atoms with Crippen molar-refractivity contribution in [3.63, 3.8) is 0 Å². The fourth-order valence-electron chi connectivity index (χ4n) is 0.763. The maximum absolute atomic E-state index is 10.7. The Morgan fingerprint density at radius 1 is 1.21 bits per heavy atom. The summed E-state index contributed by atoms with van der Waals surface area (Å²) < 4.78 is 0. The van der Waals surface area contributed by atoms with E-state index in [2.05, 4.69) is 5.84 Å². The van der Waals surface area contributed by atoms with Gasteiger partial charge in [0.2, 0.25) is 0 Å². The van der Waals surface area contributed by atoms with Crippen molar-refractivity contribution in [3.05, 3.63) is 0 Å². The molecule has 0 aliphatic heterocycles. The third-order valence-corrected chi connectivity index (χ3v) is 1.67. The summed E-state index contributed by atoms with van der Waals surface area (Å²) in [5.41, 5.74) is 1.55. The number of carbonyl (C=O) groups excluding carboxylic acids is 1. The molecule has 0 aromatic carbocycles. The Bertz CT molecular complexity index is 189. The molecule has 0 saturated carbocycles. The summed E-state index contributed by atoms with van der Waals surface area (Å²) >= 11 is 0. The number of hydrazine groups is 1. The highest BCUT2D eigenvalue weighted by atomic mass is 16.4. The molecule has 0 radical (unpaired) electrons. The molecule has 8 nitrogen and oxygen atoms in total. The fourth-order valence-corrected chi connectivity index (χ4v) is 0.763. The minimum absolute atomic E-state index is 0.810. The van der Waals surface area contributed by atoms with Crippen LogP contribution in [0.5, 0.6) is 0 Å². The van der Waals surface area contributed by atoms with E-state index >= 15 is 0 Å². The first-order chi connectivity index (χ1) is 6.45. The van der Waals surface area contributed by atoms with Crippen LogP contribution in [0, 0.1) is 0 Å². The van der Waals surface area contributed by atoms with Crippen molar-refractivity contribution in [1.82, 2.24) is 5.43 Å². The van der Waals surface area contributed by atoms with Gasteiger partial charge in [-0.05, 0) is 0 Å². The highest BCUT2D eigenvalue weighted by Crippen LogP contribution is 2.04. The Hall–Kier alpha value is -0.770. The van der Waals surface area contributed by atoms with Crippen LogP contribution in [-0.4, -0.2) is 62.5 Å². The Kier molecular flexibility index (Phi) is 5.53. The van der Waals surface area contributed by atoms with Gasteiger partial charge in [0, 0.05) is 0 Å². The molecule has 84 valence electrons. The van der Waals surface area contributed by atoms with E-state index in [1.165, 1.54) is 0 Å². The van der Waals surface area contributed by atoms with Gasteiger partial charge in [-0.1, -0.05) is 0 Å². The Morgan fingerprint density at radius 3 is 2.07 bits per heavy atom. The van der Waals surface area contributed by atoms with Crippen molar-refractivity contribution in [2.45, 2.75) is 24.4 Å². The summed E-state index contributed by atoms with van der Waals surface area (Å²) in [5.74, 6) is 3.55. The molecule has 0 saturated heterocycles. The highest BCUT2D eigenvalue weighted by Gasteiger charge is 2.33. The molecule has 0 aliphatic rings. The monoisotopic (exact) mass is 210 g/mol. The van der Waals surface area contributed by atoms with Crippen molar-refractivity contribution in [3.8, 4) is 0 Å². The van der Waals surface area contributed by atoms with Gasteiger partial charge in [-0.3, -0.25) is 10.2 Å². The fraction of sp³-hybridized carbons (Fsp3) is 0.833. The molecule has 14 heavy (non-hydrogen) atoms. The normalized spacial score (nSPS) is 19.6. The van der Waals surface area contributed by atoms with Gasteiger partial charge in [0.05, 0.1) is 6.61 Å². The van der Waals surface area contributed by atoms with Crippen LogP contribution in [0.25, 0.3) is 0 Å². The molecule has 0 aromatic rings. The minimum Gasteiger partial charge on any atom is -0.394 e. The molecule has 8 N–H and O–H groups in total. The van der Waals surface area contributed by atoms with Crippen LogP contribution in [-0.2, 0) is 4.79 Å². The van der Waals surface area contributed by atoms with Crippen LogP contribution >= 0.6 is 0 Å². The maximum Gasteiger partial charge on any atom is 0.265 e. The standard InChI is InChI=1S/C6H14N2O6/c7-8-6(14)5(13)4(12)3(11)2(10)1-9/h2-5,9-13H,1,7H2,(H,8,14)/t2-,3-,4-,5-/m1/s1. The minimum atomic E-state index is -1.98. The molecule has 1 amide bonds. The lowest BCUT2D eigenvalue weighted by Gasteiger charge is -2.24. The second kappa shape index (κ2) is 5.86. The van der Waals surface area contributed by atoms with E-state index < -0.39 is 36.9 Å². The lowest BCUT2D eigenvalue weighted by molar-refractivity contribution is -0.148. The van der Waals surface area contributed by atoms with Crippen molar-refractivity contribution in [2.75, 3.05) is 6.61 Å². The number of nitrogens with two attached hydrogens (primary N) is 1. The van der Waals surface area contributed by atoms with Gasteiger partial charge in [0.1, 0.15) is 18.3 Å². The number of aliphatic hydroxyl groups excluding tert-OH is 5. The third-order valence-electron chi connectivity index (χ3n) is 1.67. The summed E-state index contributed by atoms with van der Waals surface area (Å²) in [6.07, 6.45) is -7.39. The summed E-state index contributed by atoms with van der Waals surface area (Å²) in [6.45, 7) is -0.810. The average molecular weight is 210 g/mol. The average Bonchev–Trinajstić information content (AvgIpc) is 2.23. The second-order valence-electron chi connectivity index (χ2n) is 2.68. The zero-order chi connectivity index (χ0) is 11.3. The third kappa shape index (κ3) is 3.18. The molecule has 0 heterocycles. The van der Waals surface area contributed by atoms with Crippen LogP contribution < -0.4 is 11.3 Å². The van der Waals surface area contributed by atoms with Crippen molar-refractivity contribution >= 4 is 5.91 Å². The summed E-state index contributed by atoms with van der Waals surface area (Å²) in [4.78, 5) is 10.7. The Morgan fingerprint density at radius 2 is 1.71 bits per heavy atom. The molecule has 0 fully saturated rings. The zero-order valence-electron chi connectivity index (χ0n) is 7.24. The first-order valence-corrected chi connectivity index (χ1v) is 3.79. The van der Waals surface area contributed by atoms with Gasteiger partial charge in [-0.15, -0.1) is 0 Å². The van der Waals surface area contributed by atoms with E-state index in [0.29, 0.717) is 0 Å². The number of amides is 1. The molecule has 0 aliphatic carbocycles. The number of rotatable bonds is 5. The molecular weight excluding hydrogens is 196 g/mol. The lowest BCUT2D eigenvalue weighted by Crippen LogP contribution is -2.52. The van der Waals surface area contributed by atoms with Gasteiger partial charge in [-0.25, -0.2) is 5.84 Å². The highest BCUT2D eigenvalue weighted by molar-refractivity contribution is 5.80. The van der Waals surface area contributed by atoms with E-state index in [1.807, 2.05) is 0 Å². The number of aliphatic hydroxyl groups is 5. The molecule has 0 spiro atoms. The van der Waals surface area contributed by atoms with E-state index in [1.54, 1.807) is 5.43 Å². The summed E-state index contributed by atoms with van der Waals surface area (Å²) in [5, 5.41) is 44.4. The number of carbonyl (C=O) groups is 1. The molecule has 0 aromatic heterocycles. The number of hydrogen-bond donors (Lipinski definition) is 7. The molecule has 0 bridgehead atoms. The molecule has 0 unspecified atom stereocenters.